The van der Waals surface area contributed by atoms with Crippen LogP contribution in [0.1, 0.15) is 35.1 Å². The number of nitrogens with zero attached hydrogens (tertiary/aromatic N) is 1. The van der Waals surface area contributed by atoms with Gasteiger partial charge in [-0.05, 0) is 96.5 Å². The molecule has 12 heteroatoms. The second-order valence-electron chi connectivity index (χ2n) is 10.8. The van der Waals surface area contributed by atoms with Gasteiger partial charge in [0, 0.05) is 36.8 Å². The van der Waals surface area contributed by atoms with Crippen LogP contribution >= 0.6 is 0 Å². The molecule has 248 valence electrons. The lowest BCUT2D eigenvalue weighted by atomic mass is 10.0. The van der Waals surface area contributed by atoms with Gasteiger partial charge in [0.15, 0.2) is 0 Å². The van der Waals surface area contributed by atoms with Crippen LogP contribution in [-0.2, 0) is 22.4 Å². The van der Waals surface area contributed by atoms with E-state index in [1.54, 1.807) is 24.3 Å². The second kappa shape index (κ2) is 18.9. The van der Waals surface area contributed by atoms with E-state index in [1.165, 1.54) is 6.08 Å². The average Bonchev–Trinajstić information content (AvgIpc) is 3.08. The van der Waals surface area contributed by atoms with Crippen LogP contribution < -0.4 is 26.6 Å². The van der Waals surface area contributed by atoms with Crippen LogP contribution in [0.5, 0.6) is 0 Å². The molecular formula is C36H38N6O6. The first-order valence-electron chi connectivity index (χ1n) is 15.5. The van der Waals surface area contributed by atoms with Gasteiger partial charge < -0.3 is 31.1 Å². The zero-order chi connectivity index (χ0) is 34.0. The SMILES string of the molecule is O=C=Nc1ccc(Cc2ccc(NC(=O)OCCCNC(=O)Nc3ccc(Cc4ccc(NC(=O)NCCCO)cc4)cc3)cc2)cc1. The Balaban J connectivity index is 1.08. The fraction of sp³-hybridized carbons (Fsp3) is 0.222. The highest BCUT2D eigenvalue weighted by Crippen LogP contribution is 2.18. The topological polar surface area (TPSA) is 170 Å². The summed E-state index contributed by atoms with van der Waals surface area (Å²) in [4.78, 5) is 50.2. The molecule has 0 saturated heterocycles. The third kappa shape index (κ3) is 12.4. The number of hydrogen-bond donors (Lipinski definition) is 6. The minimum Gasteiger partial charge on any atom is -0.449 e. The number of aliphatic imine (C=N–C) groups is 1. The first-order valence-corrected chi connectivity index (χ1v) is 15.5. The van der Waals surface area contributed by atoms with Crippen molar-refractivity contribution < 1.29 is 29.0 Å². The molecule has 0 fully saturated rings. The van der Waals surface area contributed by atoms with Crippen LogP contribution in [0.25, 0.3) is 0 Å². The summed E-state index contributed by atoms with van der Waals surface area (Å²) in [5.41, 5.74) is 6.71. The Labute approximate surface area is 278 Å². The zero-order valence-electron chi connectivity index (χ0n) is 26.3. The highest BCUT2D eigenvalue weighted by molar-refractivity contribution is 5.89. The molecule has 0 unspecified atom stereocenters. The molecule has 4 rings (SSSR count). The largest absolute Gasteiger partial charge is 0.449 e. The van der Waals surface area contributed by atoms with Crippen LogP contribution in [0.15, 0.2) is 102 Å². The highest BCUT2D eigenvalue weighted by Gasteiger charge is 2.07. The van der Waals surface area contributed by atoms with E-state index < -0.39 is 6.09 Å². The van der Waals surface area contributed by atoms with Gasteiger partial charge in [0.1, 0.15) is 0 Å². The van der Waals surface area contributed by atoms with Gasteiger partial charge in [-0.3, -0.25) is 5.32 Å². The van der Waals surface area contributed by atoms with E-state index in [0.717, 1.165) is 22.3 Å². The lowest BCUT2D eigenvalue weighted by molar-refractivity contribution is 0.160. The number of amides is 5. The molecule has 0 aliphatic heterocycles. The molecule has 0 spiro atoms. The van der Waals surface area contributed by atoms with Crippen molar-refractivity contribution in [2.75, 3.05) is 42.3 Å². The molecule has 0 saturated carbocycles. The van der Waals surface area contributed by atoms with E-state index in [4.69, 9.17) is 9.84 Å². The van der Waals surface area contributed by atoms with Crippen LogP contribution in [0.3, 0.4) is 0 Å². The van der Waals surface area contributed by atoms with Crippen molar-refractivity contribution in [2.45, 2.75) is 25.7 Å². The predicted molar refractivity (Wildman–Crippen MR) is 184 cm³/mol. The van der Waals surface area contributed by atoms with Crippen LogP contribution in [0, 0.1) is 0 Å². The zero-order valence-corrected chi connectivity index (χ0v) is 26.3. The summed E-state index contributed by atoms with van der Waals surface area (Å²) in [7, 11) is 0. The van der Waals surface area contributed by atoms with Gasteiger partial charge in [0.2, 0.25) is 6.08 Å². The van der Waals surface area contributed by atoms with Gasteiger partial charge in [0.05, 0.1) is 12.3 Å². The van der Waals surface area contributed by atoms with Gasteiger partial charge >= 0.3 is 18.2 Å². The number of rotatable bonds is 15. The fourth-order valence-corrected chi connectivity index (χ4v) is 4.55. The molecule has 0 aliphatic rings. The molecule has 0 bridgehead atoms. The minimum absolute atomic E-state index is 0.0270. The minimum atomic E-state index is -0.580. The number of isocyanates is 1. The van der Waals surface area contributed by atoms with Gasteiger partial charge in [-0.25, -0.2) is 19.2 Å². The number of anilines is 3. The molecule has 6 N–H and O–H groups in total. The molecule has 12 nitrogen and oxygen atoms in total. The molecule has 0 atom stereocenters. The maximum absolute atomic E-state index is 12.3. The van der Waals surface area contributed by atoms with E-state index in [1.807, 2.05) is 72.8 Å². The third-order valence-corrected chi connectivity index (χ3v) is 7.01. The van der Waals surface area contributed by atoms with Crippen molar-refractivity contribution in [3.63, 3.8) is 0 Å². The standard InChI is InChI=1S/C36H38N6O6/c43-21-1-19-37-34(45)40-31-13-5-27(6-14-31)24-28-7-15-32(16-8-28)41-35(46)38-20-2-22-48-36(47)42-33-17-9-29(10-18-33)23-26-3-11-30(12-4-26)39-25-44/h3-18,43H,1-2,19-24H2,(H,42,47)(H2,37,40,45)(H2,38,41,46). The number of hydrogen-bond acceptors (Lipinski definition) is 7. The van der Waals surface area contributed by atoms with E-state index in [0.29, 0.717) is 61.5 Å². The summed E-state index contributed by atoms with van der Waals surface area (Å²) in [5, 5.41) is 22.4. The van der Waals surface area contributed by atoms with Crippen molar-refractivity contribution >= 4 is 47.0 Å². The van der Waals surface area contributed by atoms with Crippen molar-refractivity contribution in [3.05, 3.63) is 119 Å². The molecule has 0 aliphatic carbocycles. The molecule has 0 aromatic heterocycles. The number of benzene rings is 4. The predicted octanol–water partition coefficient (Wildman–Crippen LogP) is 6.10. The summed E-state index contributed by atoms with van der Waals surface area (Å²) in [5.74, 6) is 0. The highest BCUT2D eigenvalue weighted by atomic mass is 16.5. The molecule has 0 heterocycles. The summed E-state index contributed by atoms with van der Waals surface area (Å²) in [6.45, 7) is 0.892. The molecule has 5 amide bonds. The average molecular weight is 651 g/mol. The number of carbonyl (C=O) groups excluding carboxylic acids is 4. The lowest BCUT2D eigenvalue weighted by Gasteiger charge is -2.10. The Morgan fingerprint density at radius 3 is 1.46 bits per heavy atom. The first-order chi connectivity index (χ1) is 23.4. The van der Waals surface area contributed by atoms with Gasteiger partial charge in [-0.2, -0.15) is 4.99 Å². The smallest absolute Gasteiger partial charge is 0.411 e. The molecular weight excluding hydrogens is 612 g/mol. The molecule has 4 aromatic carbocycles. The van der Waals surface area contributed by atoms with Crippen molar-refractivity contribution in [3.8, 4) is 0 Å². The first kappa shape index (κ1) is 34.9. The number of nitrogens with one attached hydrogen (secondary N) is 5. The maximum Gasteiger partial charge on any atom is 0.411 e. The van der Waals surface area contributed by atoms with Crippen LogP contribution in [-0.4, -0.2) is 55.6 Å². The maximum atomic E-state index is 12.3. The molecule has 0 radical (unpaired) electrons. The quantitative estimate of drug-likeness (QED) is 0.0516. The van der Waals surface area contributed by atoms with Crippen LogP contribution in [0.4, 0.5) is 37.1 Å². The molecule has 48 heavy (non-hydrogen) atoms. The summed E-state index contributed by atoms with van der Waals surface area (Å²) >= 11 is 0. The van der Waals surface area contributed by atoms with Gasteiger partial charge in [0.25, 0.3) is 0 Å². The second-order valence-corrected chi connectivity index (χ2v) is 10.8. The number of aliphatic hydroxyl groups is 1. The van der Waals surface area contributed by atoms with Crippen molar-refractivity contribution in [1.82, 2.24) is 10.6 Å². The summed E-state index contributed by atoms with van der Waals surface area (Å²) in [6.07, 6.45) is 3.26. The number of ether oxygens (including phenoxy) is 1. The van der Waals surface area contributed by atoms with Crippen LogP contribution in [0.2, 0.25) is 0 Å². The van der Waals surface area contributed by atoms with Gasteiger partial charge in [-0.1, -0.05) is 48.5 Å². The van der Waals surface area contributed by atoms with E-state index in [9.17, 15) is 19.2 Å². The van der Waals surface area contributed by atoms with Crippen molar-refractivity contribution in [2.24, 2.45) is 4.99 Å². The normalized spacial score (nSPS) is 10.3. The molecule has 4 aromatic rings. The number of urea groups is 2. The Kier molecular flexibility index (Phi) is 13.7. The number of aliphatic hydroxyl groups excluding tert-OH is 1. The summed E-state index contributed by atoms with van der Waals surface area (Å²) < 4.78 is 5.22. The Hall–Kier alpha value is -5.97. The Morgan fingerprint density at radius 2 is 1.02 bits per heavy atom. The Morgan fingerprint density at radius 1 is 0.604 bits per heavy atom. The summed E-state index contributed by atoms with van der Waals surface area (Å²) in [6, 6.07) is 29.1. The van der Waals surface area contributed by atoms with E-state index in [-0.39, 0.29) is 25.3 Å². The Bertz CT molecular complexity index is 1670. The third-order valence-electron chi connectivity index (χ3n) is 7.01. The van der Waals surface area contributed by atoms with Crippen molar-refractivity contribution in [1.29, 1.82) is 0 Å². The fourth-order valence-electron chi connectivity index (χ4n) is 4.55. The lowest BCUT2D eigenvalue weighted by Crippen LogP contribution is -2.30. The van der Waals surface area contributed by atoms with E-state index >= 15 is 0 Å². The monoisotopic (exact) mass is 650 g/mol. The van der Waals surface area contributed by atoms with E-state index in [2.05, 4.69) is 31.6 Å². The van der Waals surface area contributed by atoms with Gasteiger partial charge in [-0.15, -0.1) is 0 Å². The number of carbonyl (C=O) groups is 3.